The Morgan fingerprint density at radius 2 is 1.90 bits per heavy atom. The standard InChI is InChI=1S/C12H16N2O5S2/c1-4-5(15)6(16)7-11(18-4)19-10-8(21-7)9(17)13(2)12(20)14(10)3/h4-7,11,15-16H,1-3H3. The molecule has 7 nitrogen and oxygen atoms in total. The second kappa shape index (κ2) is 5.10. The van der Waals surface area contributed by atoms with Crippen LogP contribution in [-0.4, -0.2) is 49.2 Å². The van der Waals surface area contributed by atoms with Crippen LogP contribution in [0.25, 0.3) is 0 Å². The van der Waals surface area contributed by atoms with Crippen LogP contribution in [0.15, 0.2) is 9.69 Å². The molecule has 1 aromatic rings. The average molecular weight is 332 g/mol. The molecule has 5 unspecified atom stereocenters. The van der Waals surface area contributed by atoms with E-state index in [-0.39, 0.29) is 5.56 Å². The highest BCUT2D eigenvalue weighted by molar-refractivity contribution is 8.00. The molecule has 0 spiro atoms. The second-order valence-corrected chi connectivity index (χ2v) is 6.78. The van der Waals surface area contributed by atoms with Crippen LogP contribution in [0.1, 0.15) is 6.92 Å². The lowest BCUT2D eigenvalue weighted by Crippen LogP contribution is -2.58. The first kappa shape index (κ1) is 15.0. The zero-order chi connectivity index (χ0) is 15.5. The number of aliphatic hydroxyl groups excluding tert-OH is 2. The van der Waals surface area contributed by atoms with Crippen molar-refractivity contribution in [2.75, 3.05) is 0 Å². The lowest BCUT2D eigenvalue weighted by atomic mass is 10.0. The molecule has 0 radical (unpaired) electrons. The highest BCUT2D eigenvalue weighted by atomic mass is 32.2. The largest absolute Gasteiger partial charge is 0.447 e. The fourth-order valence-electron chi connectivity index (χ4n) is 2.50. The molecule has 0 saturated carbocycles. The molecule has 21 heavy (non-hydrogen) atoms. The van der Waals surface area contributed by atoms with Gasteiger partial charge in [0.05, 0.1) is 6.10 Å². The molecule has 3 rings (SSSR count). The van der Waals surface area contributed by atoms with E-state index in [2.05, 4.69) is 0 Å². The van der Waals surface area contributed by atoms with Gasteiger partial charge in [-0.1, -0.05) is 0 Å². The quantitative estimate of drug-likeness (QED) is 0.635. The van der Waals surface area contributed by atoms with Crippen LogP contribution < -0.4 is 10.3 Å². The third-order valence-corrected chi connectivity index (χ3v) is 5.74. The summed E-state index contributed by atoms with van der Waals surface area (Å²) in [6, 6.07) is 0. The summed E-state index contributed by atoms with van der Waals surface area (Å²) in [6.07, 6.45) is -3.33. The minimum Gasteiger partial charge on any atom is -0.447 e. The topological polar surface area (TPSA) is 85.9 Å². The van der Waals surface area contributed by atoms with Gasteiger partial charge in [0.1, 0.15) is 22.4 Å². The molecular formula is C12H16N2O5S2. The first-order valence-corrected chi connectivity index (χ1v) is 7.76. The van der Waals surface area contributed by atoms with Crippen LogP contribution in [-0.2, 0) is 18.8 Å². The molecule has 1 fully saturated rings. The minimum atomic E-state index is -1.03. The maximum absolute atomic E-state index is 12.3. The Labute approximate surface area is 130 Å². The molecule has 9 heteroatoms. The third kappa shape index (κ3) is 2.15. The van der Waals surface area contributed by atoms with Crippen molar-refractivity contribution in [3.63, 3.8) is 0 Å². The normalized spacial score (nSPS) is 34.8. The summed E-state index contributed by atoms with van der Waals surface area (Å²) in [6.45, 7) is 1.66. The fourth-order valence-corrected chi connectivity index (χ4v) is 3.99. The highest BCUT2D eigenvalue weighted by Gasteiger charge is 2.48. The summed E-state index contributed by atoms with van der Waals surface area (Å²) in [5, 5.41) is 19.5. The summed E-state index contributed by atoms with van der Waals surface area (Å²) in [4.78, 5) is 12.7. The third-order valence-electron chi connectivity index (χ3n) is 3.84. The second-order valence-electron chi connectivity index (χ2n) is 5.23. The molecule has 1 saturated heterocycles. The predicted molar refractivity (Wildman–Crippen MR) is 78.1 cm³/mol. The van der Waals surface area contributed by atoms with Crippen LogP contribution in [0.4, 0.5) is 0 Å². The zero-order valence-electron chi connectivity index (χ0n) is 11.7. The van der Waals surface area contributed by atoms with E-state index in [4.69, 9.17) is 21.7 Å². The van der Waals surface area contributed by atoms with Gasteiger partial charge in [0.15, 0.2) is 4.77 Å². The molecule has 116 valence electrons. The lowest BCUT2D eigenvalue weighted by Gasteiger charge is -2.43. The van der Waals surface area contributed by atoms with Crippen LogP contribution in [0, 0.1) is 4.77 Å². The molecule has 3 heterocycles. The van der Waals surface area contributed by atoms with E-state index >= 15 is 0 Å². The molecule has 2 N–H and O–H groups in total. The maximum atomic E-state index is 12.3. The number of fused-ring (bicyclic) bond motifs is 2. The smallest absolute Gasteiger partial charge is 0.271 e. The molecule has 0 amide bonds. The van der Waals surface area contributed by atoms with E-state index in [1.165, 1.54) is 4.57 Å². The number of aliphatic hydroxyl groups is 2. The van der Waals surface area contributed by atoms with Gasteiger partial charge in [0, 0.05) is 14.1 Å². The van der Waals surface area contributed by atoms with Gasteiger partial charge in [-0.15, -0.1) is 11.8 Å². The molecule has 0 aliphatic carbocycles. The van der Waals surface area contributed by atoms with Crippen LogP contribution in [0.2, 0.25) is 0 Å². The molecule has 2 aliphatic heterocycles. The van der Waals surface area contributed by atoms with E-state index in [0.717, 1.165) is 11.8 Å². The fraction of sp³-hybridized carbons (Fsp3) is 0.667. The lowest BCUT2D eigenvalue weighted by molar-refractivity contribution is -0.215. The zero-order valence-corrected chi connectivity index (χ0v) is 13.3. The van der Waals surface area contributed by atoms with Gasteiger partial charge in [-0.2, -0.15) is 0 Å². The summed E-state index contributed by atoms with van der Waals surface area (Å²) in [5.74, 6) is 0.338. The molecule has 5 atom stereocenters. The summed E-state index contributed by atoms with van der Waals surface area (Å²) in [5.41, 5.74) is -0.281. The van der Waals surface area contributed by atoms with Crippen molar-refractivity contribution < 1.29 is 19.7 Å². The number of nitrogens with zero attached hydrogens (tertiary/aromatic N) is 2. The van der Waals surface area contributed by atoms with E-state index in [1.807, 2.05) is 0 Å². The van der Waals surface area contributed by atoms with Gasteiger partial charge in [0.25, 0.3) is 5.56 Å². The summed E-state index contributed by atoms with van der Waals surface area (Å²) < 4.78 is 14.6. The van der Waals surface area contributed by atoms with Crippen LogP contribution in [0.5, 0.6) is 5.88 Å². The number of hydrogen-bond acceptors (Lipinski definition) is 7. The van der Waals surface area contributed by atoms with Gasteiger partial charge in [0.2, 0.25) is 12.2 Å². The maximum Gasteiger partial charge on any atom is 0.271 e. The van der Waals surface area contributed by atoms with Gasteiger partial charge >= 0.3 is 0 Å². The number of rotatable bonds is 0. The molecule has 0 aromatic carbocycles. The number of aromatic nitrogens is 2. The van der Waals surface area contributed by atoms with Crippen LogP contribution in [0.3, 0.4) is 0 Å². The molecule has 1 aromatic heterocycles. The summed E-state index contributed by atoms with van der Waals surface area (Å²) >= 11 is 6.34. The molecule has 2 aliphatic rings. The van der Waals surface area contributed by atoms with Crippen molar-refractivity contribution in [1.29, 1.82) is 0 Å². The van der Waals surface area contributed by atoms with E-state index in [0.29, 0.717) is 15.5 Å². The Morgan fingerprint density at radius 1 is 1.24 bits per heavy atom. The van der Waals surface area contributed by atoms with Crippen LogP contribution >= 0.6 is 24.0 Å². The first-order chi connectivity index (χ1) is 9.82. The van der Waals surface area contributed by atoms with Gasteiger partial charge in [-0.05, 0) is 19.1 Å². The van der Waals surface area contributed by atoms with Crippen molar-refractivity contribution >= 4 is 24.0 Å². The minimum absolute atomic E-state index is 0.281. The van der Waals surface area contributed by atoms with E-state index in [1.54, 1.807) is 25.6 Å². The predicted octanol–water partition coefficient (Wildman–Crippen LogP) is -0.227. The van der Waals surface area contributed by atoms with Crippen molar-refractivity contribution in [3.8, 4) is 5.88 Å². The SMILES string of the molecule is CC1OC2Oc3c(c(=O)n(C)c(=S)n3C)SC2C(O)C1O. The van der Waals surface area contributed by atoms with Crippen molar-refractivity contribution in [1.82, 2.24) is 9.13 Å². The first-order valence-electron chi connectivity index (χ1n) is 6.48. The Bertz CT molecular complexity index is 700. The molecule has 0 bridgehead atoms. The molecular weight excluding hydrogens is 316 g/mol. The van der Waals surface area contributed by atoms with E-state index < -0.39 is 29.9 Å². The highest BCUT2D eigenvalue weighted by Crippen LogP contribution is 2.42. The van der Waals surface area contributed by atoms with Crippen molar-refractivity contribution in [3.05, 3.63) is 15.1 Å². The Hall–Kier alpha value is -0.870. The van der Waals surface area contributed by atoms with Crippen molar-refractivity contribution in [2.24, 2.45) is 14.1 Å². The van der Waals surface area contributed by atoms with Gasteiger partial charge in [-0.3, -0.25) is 13.9 Å². The van der Waals surface area contributed by atoms with E-state index in [9.17, 15) is 15.0 Å². The monoisotopic (exact) mass is 332 g/mol. The Kier molecular flexibility index (Phi) is 3.65. The summed E-state index contributed by atoms with van der Waals surface area (Å²) in [7, 11) is 3.29. The Morgan fingerprint density at radius 3 is 2.57 bits per heavy atom. The Balaban J connectivity index is 2.11. The number of hydrogen-bond donors (Lipinski definition) is 2. The van der Waals surface area contributed by atoms with Crippen molar-refractivity contribution in [2.45, 2.75) is 41.7 Å². The number of thioether (sulfide) groups is 1. The van der Waals surface area contributed by atoms with Gasteiger partial charge < -0.3 is 19.7 Å². The number of ether oxygens (including phenoxy) is 2. The van der Waals surface area contributed by atoms with Gasteiger partial charge in [-0.25, -0.2) is 0 Å². The average Bonchev–Trinajstić information content (AvgIpc) is 2.47.